The molecule has 3 fully saturated rings. The van der Waals surface area contributed by atoms with Gasteiger partial charge in [0.2, 0.25) is 5.91 Å². The summed E-state index contributed by atoms with van der Waals surface area (Å²) in [7, 11) is 1.95. The molecule has 0 aromatic heterocycles. The summed E-state index contributed by atoms with van der Waals surface area (Å²) in [4.78, 5) is 16.9. The number of piperidine rings is 1. The van der Waals surface area contributed by atoms with Crippen molar-refractivity contribution in [3.63, 3.8) is 0 Å². The van der Waals surface area contributed by atoms with Crippen LogP contribution in [0.1, 0.15) is 31.7 Å². The molecular weight excluding hydrogens is 411 g/mol. The van der Waals surface area contributed by atoms with Gasteiger partial charge in [-0.2, -0.15) is 0 Å². The zero-order chi connectivity index (χ0) is 22.8. The Bertz CT molecular complexity index is 757. The number of ether oxygens (including phenoxy) is 1. The lowest BCUT2D eigenvalue weighted by Gasteiger charge is -2.36. The highest BCUT2D eigenvalue weighted by Crippen LogP contribution is 2.45. The van der Waals surface area contributed by atoms with Gasteiger partial charge in [-0.05, 0) is 56.3 Å². The van der Waals surface area contributed by atoms with Gasteiger partial charge in [-0.15, -0.1) is 0 Å². The average molecular weight is 449 g/mol. The molecule has 4 N–H and O–H groups in total. The highest BCUT2D eigenvalue weighted by molar-refractivity contribution is 5.76. The van der Waals surface area contributed by atoms with Crippen LogP contribution in [0.2, 0.25) is 0 Å². The predicted octanol–water partition coefficient (Wildman–Crippen LogP) is 1.28. The van der Waals surface area contributed by atoms with Crippen LogP contribution in [0.25, 0.3) is 0 Å². The SMILES string of the molecule is C[C@@H]1CC(N(C)CCC(=O)NC(CF)Cc2ccc(N3CC4C(N)C4C3)cc2)CC(O)O1. The quantitative estimate of drug-likeness (QED) is 0.527. The highest BCUT2D eigenvalue weighted by Gasteiger charge is 2.53. The lowest BCUT2D eigenvalue weighted by molar-refractivity contribution is -0.173. The van der Waals surface area contributed by atoms with Gasteiger partial charge in [-0.1, -0.05) is 12.1 Å². The van der Waals surface area contributed by atoms with Crippen LogP contribution < -0.4 is 16.0 Å². The van der Waals surface area contributed by atoms with Gasteiger partial charge < -0.3 is 30.7 Å². The summed E-state index contributed by atoms with van der Waals surface area (Å²) in [6.07, 6.45) is 1.37. The van der Waals surface area contributed by atoms with E-state index < -0.39 is 19.0 Å². The van der Waals surface area contributed by atoms with Gasteiger partial charge in [0.1, 0.15) is 6.67 Å². The molecule has 0 radical (unpaired) electrons. The topological polar surface area (TPSA) is 91.1 Å². The molecule has 2 heterocycles. The second kappa shape index (κ2) is 10.0. The maximum atomic E-state index is 13.6. The van der Waals surface area contributed by atoms with Gasteiger partial charge >= 0.3 is 0 Å². The van der Waals surface area contributed by atoms with E-state index in [1.165, 1.54) is 5.69 Å². The van der Waals surface area contributed by atoms with Crippen molar-refractivity contribution < 1.29 is 19.0 Å². The van der Waals surface area contributed by atoms with Gasteiger partial charge in [0, 0.05) is 50.2 Å². The van der Waals surface area contributed by atoms with Crippen LogP contribution in [0.5, 0.6) is 0 Å². The van der Waals surface area contributed by atoms with Crippen LogP contribution in [0.3, 0.4) is 0 Å². The fraction of sp³-hybridized carbons (Fsp3) is 0.708. The number of hydrogen-bond acceptors (Lipinski definition) is 6. The molecule has 32 heavy (non-hydrogen) atoms. The smallest absolute Gasteiger partial charge is 0.221 e. The maximum Gasteiger partial charge on any atom is 0.221 e. The Kier molecular flexibility index (Phi) is 7.34. The third-order valence-corrected chi connectivity index (χ3v) is 7.38. The van der Waals surface area contributed by atoms with E-state index in [0.717, 1.165) is 25.1 Å². The maximum absolute atomic E-state index is 13.6. The number of aliphatic hydroxyl groups excluding tert-OH is 1. The van der Waals surface area contributed by atoms with E-state index in [1.54, 1.807) is 0 Å². The molecule has 2 saturated heterocycles. The van der Waals surface area contributed by atoms with Crippen LogP contribution in [0, 0.1) is 11.8 Å². The molecule has 0 spiro atoms. The number of aliphatic hydroxyl groups is 1. The molecule has 178 valence electrons. The third kappa shape index (κ3) is 5.60. The first kappa shape index (κ1) is 23.4. The van der Waals surface area contributed by atoms with Gasteiger partial charge in [-0.25, -0.2) is 4.39 Å². The second-order valence-electron chi connectivity index (χ2n) is 9.86. The summed E-state index contributed by atoms with van der Waals surface area (Å²) in [5, 5.41) is 12.6. The van der Waals surface area contributed by atoms with Crippen LogP contribution in [0.4, 0.5) is 10.1 Å². The van der Waals surface area contributed by atoms with Crippen molar-refractivity contribution in [3.05, 3.63) is 29.8 Å². The Hall–Kier alpha value is -1.74. The predicted molar refractivity (Wildman–Crippen MR) is 122 cm³/mol. The Morgan fingerprint density at radius 2 is 2.00 bits per heavy atom. The average Bonchev–Trinajstić information content (AvgIpc) is 3.16. The van der Waals surface area contributed by atoms with Crippen molar-refractivity contribution in [3.8, 4) is 0 Å². The van der Waals surface area contributed by atoms with E-state index in [4.69, 9.17) is 10.5 Å². The minimum absolute atomic E-state index is 0.00364. The fourth-order valence-corrected chi connectivity index (χ4v) is 5.27. The van der Waals surface area contributed by atoms with E-state index >= 15 is 0 Å². The minimum atomic E-state index is -0.754. The van der Waals surface area contributed by atoms with E-state index in [1.807, 2.05) is 26.1 Å². The van der Waals surface area contributed by atoms with Crippen LogP contribution >= 0.6 is 0 Å². The van der Waals surface area contributed by atoms with Crippen molar-refractivity contribution >= 4 is 11.6 Å². The normalized spacial score (nSPS) is 32.6. The van der Waals surface area contributed by atoms with Crippen molar-refractivity contribution in [2.75, 3.05) is 38.3 Å². The number of carbonyl (C=O) groups excluding carboxylic acids is 1. The van der Waals surface area contributed by atoms with Crippen molar-refractivity contribution in [2.24, 2.45) is 17.6 Å². The summed E-state index contributed by atoms with van der Waals surface area (Å²) in [5.74, 6) is 1.13. The van der Waals surface area contributed by atoms with E-state index in [-0.39, 0.29) is 18.1 Å². The molecule has 2 aliphatic heterocycles. The number of nitrogens with one attached hydrogen (secondary N) is 1. The Morgan fingerprint density at radius 3 is 2.62 bits per heavy atom. The molecule has 7 nitrogen and oxygen atoms in total. The van der Waals surface area contributed by atoms with E-state index in [0.29, 0.717) is 43.7 Å². The van der Waals surface area contributed by atoms with Crippen LogP contribution in [0.15, 0.2) is 24.3 Å². The molecule has 1 aromatic carbocycles. The summed E-state index contributed by atoms with van der Waals surface area (Å²) in [5.41, 5.74) is 8.22. The van der Waals surface area contributed by atoms with Crippen LogP contribution in [-0.2, 0) is 16.0 Å². The molecule has 0 bridgehead atoms. The highest BCUT2D eigenvalue weighted by atomic mass is 19.1. The molecule has 3 aliphatic rings. The van der Waals surface area contributed by atoms with Gasteiger partial charge in [-0.3, -0.25) is 4.79 Å². The molecular formula is C24H37FN4O3. The summed E-state index contributed by atoms with van der Waals surface area (Å²) in [6, 6.07) is 8.25. The zero-order valence-corrected chi connectivity index (χ0v) is 19.1. The first-order valence-electron chi connectivity index (χ1n) is 11.8. The lowest BCUT2D eigenvalue weighted by atomic mass is 10.0. The number of anilines is 1. The molecule has 4 rings (SSSR count). The summed E-state index contributed by atoms with van der Waals surface area (Å²) in [6.45, 7) is 3.95. The summed E-state index contributed by atoms with van der Waals surface area (Å²) < 4.78 is 19.0. The lowest BCUT2D eigenvalue weighted by Crippen LogP contribution is -2.45. The monoisotopic (exact) mass is 448 g/mol. The van der Waals surface area contributed by atoms with Crippen molar-refractivity contribution in [1.82, 2.24) is 10.2 Å². The van der Waals surface area contributed by atoms with Crippen molar-refractivity contribution in [2.45, 2.75) is 63.1 Å². The number of hydrogen-bond donors (Lipinski definition) is 3. The first-order chi connectivity index (χ1) is 15.3. The number of amides is 1. The largest absolute Gasteiger partial charge is 0.371 e. The minimum Gasteiger partial charge on any atom is -0.371 e. The van der Waals surface area contributed by atoms with Gasteiger partial charge in [0.25, 0.3) is 0 Å². The van der Waals surface area contributed by atoms with E-state index in [9.17, 15) is 14.3 Å². The van der Waals surface area contributed by atoms with Crippen molar-refractivity contribution in [1.29, 1.82) is 0 Å². The van der Waals surface area contributed by atoms with Crippen LogP contribution in [-0.4, -0.2) is 79.8 Å². The first-order valence-corrected chi connectivity index (χ1v) is 11.8. The number of rotatable bonds is 9. The van der Waals surface area contributed by atoms with Gasteiger partial charge in [0.05, 0.1) is 12.1 Å². The molecule has 5 unspecified atom stereocenters. The summed E-state index contributed by atoms with van der Waals surface area (Å²) >= 11 is 0. The molecule has 6 atom stereocenters. The van der Waals surface area contributed by atoms with Gasteiger partial charge in [0.15, 0.2) is 6.29 Å². The number of carbonyl (C=O) groups is 1. The Morgan fingerprint density at radius 1 is 1.31 bits per heavy atom. The molecule has 1 amide bonds. The fourth-order valence-electron chi connectivity index (χ4n) is 5.27. The number of benzene rings is 1. The molecule has 8 heteroatoms. The third-order valence-electron chi connectivity index (χ3n) is 7.38. The molecule has 1 aliphatic carbocycles. The number of nitrogens with two attached hydrogens (primary N) is 1. The zero-order valence-electron chi connectivity index (χ0n) is 19.1. The number of nitrogens with zero attached hydrogens (tertiary/aromatic N) is 2. The molecule has 1 saturated carbocycles. The number of alkyl halides is 1. The number of fused-ring (bicyclic) bond motifs is 1. The molecule has 1 aromatic rings. The van der Waals surface area contributed by atoms with E-state index in [2.05, 4.69) is 27.2 Å². The Balaban J connectivity index is 1.20. The Labute approximate surface area is 190 Å². The number of halogens is 1. The second-order valence-corrected chi connectivity index (χ2v) is 9.86. The standard InChI is InChI=1S/C24H37FN4O3/c1-15-9-19(11-23(31)32-15)28(2)8-7-22(30)27-17(12-25)10-16-3-5-18(6-4-16)29-13-20-21(14-29)24(20)26/h3-6,15,17,19-21,23-24,31H,7-14,26H2,1-2H3,(H,27,30)/t15-,17?,19?,20?,21?,23?,24?/m1/s1.